The molecule has 1 saturated heterocycles. The van der Waals surface area contributed by atoms with Crippen LogP contribution in [0, 0.1) is 0 Å². The Bertz CT molecular complexity index is 436. The zero-order valence-corrected chi connectivity index (χ0v) is 13.5. The molecule has 1 unspecified atom stereocenters. The Labute approximate surface area is 128 Å². The molecule has 2 rings (SSSR count). The zero-order valence-electron chi connectivity index (χ0n) is 11.9. The standard InChI is InChI=1S/C11H18B2BrNO5/c1-8(2)9(3,4)20-13(19-8)7-5-10(12,16)15(14)11(17,18)6-7/h6,16-18H,5H2,1-4H3. The van der Waals surface area contributed by atoms with Crippen LogP contribution in [0.15, 0.2) is 11.5 Å². The first-order valence-corrected chi connectivity index (χ1v) is 6.99. The largest absolute Gasteiger partial charge is 0.490 e. The van der Waals surface area contributed by atoms with Gasteiger partial charge in [0.15, 0.2) is 0 Å². The number of nitrogens with zero attached hydrogens (tertiary/aromatic N) is 1. The molecule has 0 aromatic carbocycles. The maximum absolute atomic E-state index is 10.1. The van der Waals surface area contributed by atoms with Gasteiger partial charge in [0, 0.05) is 16.1 Å². The molecule has 0 saturated carbocycles. The smallest absolute Gasteiger partial charge is 0.400 e. The van der Waals surface area contributed by atoms with Gasteiger partial charge in [0.1, 0.15) is 7.85 Å². The van der Waals surface area contributed by atoms with E-state index in [1.807, 2.05) is 27.7 Å². The Balaban J connectivity index is 2.31. The van der Waals surface area contributed by atoms with Crippen molar-refractivity contribution in [1.82, 2.24) is 3.93 Å². The van der Waals surface area contributed by atoms with Crippen LogP contribution in [-0.2, 0) is 9.31 Å². The first-order chi connectivity index (χ1) is 8.79. The summed E-state index contributed by atoms with van der Waals surface area (Å²) in [6, 6.07) is 0. The molecule has 1 fully saturated rings. The van der Waals surface area contributed by atoms with Gasteiger partial charge in [-0.25, -0.2) is 0 Å². The molecule has 2 aliphatic rings. The van der Waals surface area contributed by atoms with E-state index in [0.717, 1.165) is 6.08 Å². The molecule has 3 N–H and O–H groups in total. The van der Waals surface area contributed by atoms with Gasteiger partial charge in [-0.1, -0.05) is 0 Å². The van der Waals surface area contributed by atoms with Gasteiger partial charge in [-0.15, -0.1) is 0 Å². The van der Waals surface area contributed by atoms with E-state index in [-0.39, 0.29) is 6.42 Å². The second-order valence-corrected chi connectivity index (χ2v) is 7.04. The van der Waals surface area contributed by atoms with Crippen molar-refractivity contribution in [3.63, 3.8) is 0 Å². The summed E-state index contributed by atoms with van der Waals surface area (Å²) in [6.45, 7) is 7.53. The molecule has 6 nitrogen and oxygen atoms in total. The molecular weight excluding hydrogens is 328 g/mol. The van der Waals surface area contributed by atoms with Crippen molar-refractivity contribution in [2.24, 2.45) is 0 Å². The summed E-state index contributed by atoms with van der Waals surface area (Å²) < 4.78 is 12.3. The number of aliphatic hydroxyl groups is 3. The van der Waals surface area contributed by atoms with Crippen LogP contribution in [0.25, 0.3) is 0 Å². The highest BCUT2D eigenvalue weighted by molar-refractivity contribution is 9.07. The molecule has 2 heterocycles. The minimum atomic E-state index is -2.44. The maximum atomic E-state index is 10.1. The average Bonchev–Trinajstić information content (AvgIpc) is 2.44. The second kappa shape index (κ2) is 4.55. The molecule has 20 heavy (non-hydrogen) atoms. The Morgan fingerprint density at radius 1 is 1.20 bits per heavy atom. The lowest BCUT2D eigenvalue weighted by molar-refractivity contribution is -0.236. The molecule has 0 aromatic heterocycles. The second-order valence-electron chi connectivity index (χ2n) is 6.33. The van der Waals surface area contributed by atoms with E-state index < -0.39 is 29.9 Å². The fraction of sp³-hybridized carbons (Fsp3) is 0.818. The predicted octanol–water partition coefficient (Wildman–Crippen LogP) is 0.0128. The predicted molar refractivity (Wildman–Crippen MR) is 77.4 cm³/mol. The van der Waals surface area contributed by atoms with Gasteiger partial charge in [-0.05, 0) is 45.7 Å². The van der Waals surface area contributed by atoms with Gasteiger partial charge < -0.3 is 24.6 Å². The number of halogens is 1. The third-order valence-electron chi connectivity index (χ3n) is 4.03. The minimum absolute atomic E-state index is 0.0576. The first kappa shape index (κ1) is 16.5. The van der Waals surface area contributed by atoms with E-state index >= 15 is 0 Å². The highest BCUT2D eigenvalue weighted by atomic mass is 79.9. The van der Waals surface area contributed by atoms with E-state index in [1.165, 1.54) is 0 Å². The molecule has 0 aliphatic carbocycles. The van der Waals surface area contributed by atoms with Gasteiger partial charge >= 0.3 is 7.12 Å². The summed E-state index contributed by atoms with van der Waals surface area (Å²) in [5, 5.41) is 29.8. The fourth-order valence-electron chi connectivity index (χ4n) is 2.16. The Morgan fingerprint density at radius 3 is 2.05 bits per heavy atom. The van der Waals surface area contributed by atoms with Crippen LogP contribution in [-0.4, -0.2) is 56.9 Å². The monoisotopic (exact) mass is 345 g/mol. The van der Waals surface area contributed by atoms with Crippen molar-refractivity contribution in [2.75, 3.05) is 0 Å². The van der Waals surface area contributed by atoms with Crippen LogP contribution in [0.2, 0.25) is 0 Å². The van der Waals surface area contributed by atoms with Crippen molar-refractivity contribution in [3.8, 4) is 0 Å². The Morgan fingerprint density at radius 2 is 1.65 bits per heavy atom. The average molecular weight is 346 g/mol. The third kappa shape index (κ3) is 2.61. The van der Waals surface area contributed by atoms with E-state index in [9.17, 15) is 15.3 Å². The van der Waals surface area contributed by atoms with Gasteiger partial charge in [-0.2, -0.15) is 3.93 Å². The summed E-state index contributed by atoms with van der Waals surface area (Å²) in [5.74, 6) is -2.44. The van der Waals surface area contributed by atoms with Crippen molar-refractivity contribution in [2.45, 2.75) is 56.9 Å². The Hall–Kier alpha value is 0.110. The molecule has 9 heteroatoms. The molecule has 2 radical (unpaired) electrons. The van der Waals surface area contributed by atoms with Crippen molar-refractivity contribution >= 4 is 31.1 Å². The molecule has 0 spiro atoms. The molecular formula is C11H18B2BrNO5. The molecule has 0 aromatic rings. The lowest BCUT2D eigenvalue weighted by atomic mass is 9.67. The van der Waals surface area contributed by atoms with E-state index in [1.54, 1.807) is 0 Å². The van der Waals surface area contributed by atoms with Crippen molar-refractivity contribution in [3.05, 3.63) is 11.5 Å². The van der Waals surface area contributed by atoms with Crippen LogP contribution in [0.1, 0.15) is 34.1 Å². The molecule has 110 valence electrons. The zero-order chi connectivity index (χ0) is 15.6. The van der Waals surface area contributed by atoms with Gasteiger partial charge in [0.2, 0.25) is 0 Å². The number of hydrogen-bond acceptors (Lipinski definition) is 6. The molecule has 2 aliphatic heterocycles. The fourth-order valence-corrected chi connectivity index (χ4v) is 2.38. The highest BCUT2D eigenvalue weighted by Gasteiger charge is 2.55. The quantitative estimate of drug-likeness (QED) is 0.353. The SMILES string of the molecule is [B]C1(O)CC(B2OC(C)(C)C(C)(C)O2)=CC(O)(O)N1Br. The van der Waals surface area contributed by atoms with Crippen LogP contribution in [0.4, 0.5) is 0 Å². The lowest BCUT2D eigenvalue weighted by Gasteiger charge is -2.43. The molecule has 1 atom stereocenters. The lowest BCUT2D eigenvalue weighted by Crippen LogP contribution is -2.59. The van der Waals surface area contributed by atoms with Crippen molar-refractivity contribution in [1.29, 1.82) is 0 Å². The summed E-state index contributed by atoms with van der Waals surface area (Å²) in [6.07, 6.45) is 1.09. The van der Waals surface area contributed by atoms with E-state index in [0.29, 0.717) is 9.40 Å². The topological polar surface area (TPSA) is 82.4 Å². The van der Waals surface area contributed by atoms with E-state index in [2.05, 4.69) is 16.1 Å². The summed E-state index contributed by atoms with van der Waals surface area (Å²) in [7, 11) is 4.86. The molecule has 0 bridgehead atoms. The van der Waals surface area contributed by atoms with E-state index in [4.69, 9.17) is 17.2 Å². The summed E-state index contributed by atoms with van der Waals surface area (Å²) in [4.78, 5) is 0. The van der Waals surface area contributed by atoms with Gasteiger partial charge in [0.25, 0.3) is 5.91 Å². The van der Waals surface area contributed by atoms with Crippen LogP contribution in [0.3, 0.4) is 0 Å². The summed E-state index contributed by atoms with van der Waals surface area (Å²) >= 11 is 2.84. The minimum Gasteiger partial charge on any atom is -0.400 e. The van der Waals surface area contributed by atoms with Gasteiger partial charge in [-0.3, -0.25) is 0 Å². The number of rotatable bonds is 1. The summed E-state index contributed by atoms with van der Waals surface area (Å²) in [5.41, 5.74) is -2.74. The van der Waals surface area contributed by atoms with Crippen LogP contribution < -0.4 is 0 Å². The third-order valence-corrected chi connectivity index (χ3v) is 5.16. The van der Waals surface area contributed by atoms with Crippen molar-refractivity contribution < 1.29 is 24.6 Å². The van der Waals surface area contributed by atoms with Crippen LogP contribution >= 0.6 is 16.1 Å². The van der Waals surface area contributed by atoms with Gasteiger partial charge in [0.05, 0.1) is 16.8 Å². The first-order valence-electron chi connectivity index (χ1n) is 6.28. The van der Waals surface area contributed by atoms with Crippen LogP contribution in [0.5, 0.6) is 0 Å². The maximum Gasteiger partial charge on any atom is 0.490 e. The highest BCUT2D eigenvalue weighted by Crippen LogP contribution is 2.42. The normalized spacial score (nSPS) is 36.0. The Kier molecular flexibility index (Phi) is 3.75. The number of hydrogen-bond donors (Lipinski definition) is 3. The molecule has 0 amide bonds.